The zero-order chi connectivity index (χ0) is 13.1. The summed E-state index contributed by atoms with van der Waals surface area (Å²) in [6.45, 7) is 0.494. The number of hydrogen-bond donors (Lipinski definition) is 1. The molecule has 0 saturated heterocycles. The fraction of sp³-hybridized carbons (Fsp3) is 0.250. The largest absolute Gasteiger partial charge is 0.350 e. The van der Waals surface area contributed by atoms with Crippen molar-refractivity contribution in [3.63, 3.8) is 0 Å². The monoisotopic (exact) mass is 252 g/mol. The molecule has 3 nitrogen and oxygen atoms in total. The maximum Gasteiger partial charge on any atom is 0.230 e. The van der Waals surface area contributed by atoms with Crippen molar-refractivity contribution in [1.29, 1.82) is 0 Å². The molecular weight excluding hydrogens is 236 g/mol. The maximum atomic E-state index is 12.4. The maximum absolute atomic E-state index is 12.4. The Hall–Kier alpha value is -2.16. The molecule has 0 spiro atoms. The number of carbonyl (C=O) groups excluding carboxylic acids is 1. The van der Waals surface area contributed by atoms with Crippen LogP contribution in [0.15, 0.2) is 54.7 Å². The highest BCUT2D eigenvalue weighted by Crippen LogP contribution is 2.48. The number of aromatic nitrogens is 1. The Labute approximate surface area is 112 Å². The van der Waals surface area contributed by atoms with Crippen molar-refractivity contribution >= 4 is 5.91 Å². The number of nitrogens with one attached hydrogen (secondary N) is 1. The Kier molecular flexibility index (Phi) is 3.03. The predicted molar refractivity (Wildman–Crippen MR) is 73.4 cm³/mol. The second-order valence-electron chi connectivity index (χ2n) is 4.95. The Morgan fingerprint density at radius 3 is 2.47 bits per heavy atom. The molecule has 0 bridgehead atoms. The highest BCUT2D eigenvalue weighted by atomic mass is 16.2. The number of pyridine rings is 1. The lowest BCUT2D eigenvalue weighted by molar-refractivity contribution is -0.123. The number of rotatable bonds is 4. The van der Waals surface area contributed by atoms with Crippen LogP contribution in [-0.2, 0) is 16.8 Å². The second kappa shape index (κ2) is 4.84. The zero-order valence-electron chi connectivity index (χ0n) is 10.7. The van der Waals surface area contributed by atoms with Gasteiger partial charge in [0, 0.05) is 6.20 Å². The highest BCUT2D eigenvalue weighted by Gasteiger charge is 2.50. The normalized spacial score (nSPS) is 15.8. The van der Waals surface area contributed by atoms with E-state index in [1.165, 1.54) is 0 Å². The van der Waals surface area contributed by atoms with Gasteiger partial charge in [0.05, 0.1) is 17.7 Å². The van der Waals surface area contributed by atoms with Crippen LogP contribution in [0.5, 0.6) is 0 Å². The van der Waals surface area contributed by atoms with E-state index in [0.717, 1.165) is 24.1 Å². The summed E-state index contributed by atoms with van der Waals surface area (Å²) in [5.41, 5.74) is 1.71. The third-order valence-corrected chi connectivity index (χ3v) is 3.67. The SMILES string of the molecule is O=C(NCc1ccccn1)C1(c2ccccc2)CC1. The van der Waals surface area contributed by atoms with Gasteiger partial charge in [-0.1, -0.05) is 36.4 Å². The molecule has 3 rings (SSSR count). The number of carbonyl (C=O) groups is 1. The van der Waals surface area contributed by atoms with Crippen molar-refractivity contribution in [3.8, 4) is 0 Å². The summed E-state index contributed by atoms with van der Waals surface area (Å²) >= 11 is 0. The molecule has 3 heteroatoms. The molecule has 2 aromatic rings. The lowest BCUT2D eigenvalue weighted by Crippen LogP contribution is -2.34. The van der Waals surface area contributed by atoms with Gasteiger partial charge in [-0.2, -0.15) is 0 Å². The third kappa shape index (κ3) is 2.36. The van der Waals surface area contributed by atoms with Gasteiger partial charge < -0.3 is 5.32 Å². The van der Waals surface area contributed by atoms with Crippen molar-refractivity contribution < 1.29 is 4.79 Å². The molecule has 1 aromatic carbocycles. The summed E-state index contributed by atoms with van der Waals surface area (Å²) in [5.74, 6) is 0.115. The summed E-state index contributed by atoms with van der Waals surface area (Å²) in [5, 5.41) is 3.00. The lowest BCUT2D eigenvalue weighted by Gasteiger charge is -2.15. The van der Waals surface area contributed by atoms with Crippen LogP contribution in [0.2, 0.25) is 0 Å². The van der Waals surface area contributed by atoms with Gasteiger partial charge in [0.25, 0.3) is 0 Å². The summed E-state index contributed by atoms with van der Waals surface area (Å²) in [7, 11) is 0. The van der Waals surface area contributed by atoms with E-state index in [9.17, 15) is 4.79 Å². The third-order valence-electron chi connectivity index (χ3n) is 3.67. The Morgan fingerprint density at radius 1 is 1.11 bits per heavy atom. The van der Waals surface area contributed by atoms with Crippen LogP contribution in [0.4, 0.5) is 0 Å². The minimum Gasteiger partial charge on any atom is -0.350 e. The summed E-state index contributed by atoms with van der Waals surface area (Å²) in [4.78, 5) is 16.6. The van der Waals surface area contributed by atoms with E-state index in [1.54, 1.807) is 6.20 Å². The fourth-order valence-electron chi connectivity index (χ4n) is 2.37. The molecule has 1 amide bonds. The molecule has 0 atom stereocenters. The van der Waals surface area contributed by atoms with Crippen molar-refractivity contribution in [2.24, 2.45) is 0 Å². The average molecular weight is 252 g/mol. The smallest absolute Gasteiger partial charge is 0.230 e. The quantitative estimate of drug-likeness (QED) is 0.908. The van der Waals surface area contributed by atoms with Crippen LogP contribution in [0.25, 0.3) is 0 Å². The topological polar surface area (TPSA) is 42.0 Å². The molecule has 1 aliphatic rings. The van der Waals surface area contributed by atoms with Gasteiger partial charge in [-0.05, 0) is 30.5 Å². The van der Waals surface area contributed by atoms with Gasteiger partial charge in [-0.3, -0.25) is 9.78 Å². The first-order chi connectivity index (χ1) is 9.31. The summed E-state index contributed by atoms with van der Waals surface area (Å²) in [6.07, 6.45) is 3.61. The fourth-order valence-corrected chi connectivity index (χ4v) is 2.37. The molecule has 0 radical (unpaired) electrons. The van der Waals surface area contributed by atoms with Crippen molar-refractivity contribution in [2.75, 3.05) is 0 Å². The average Bonchev–Trinajstić information content (AvgIpc) is 3.28. The predicted octanol–water partition coefficient (Wildman–Crippen LogP) is 2.43. The van der Waals surface area contributed by atoms with E-state index in [1.807, 2.05) is 48.5 Å². The first-order valence-electron chi connectivity index (χ1n) is 6.55. The summed E-state index contributed by atoms with van der Waals surface area (Å²) in [6, 6.07) is 15.7. The first-order valence-corrected chi connectivity index (χ1v) is 6.55. The first kappa shape index (κ1) is 11.9. The molecule has 1 N–H and O–H groups in total. The van der Waals surface area contributed by atoms with Gasteiger partial charge in [0.1, 0.15) is 0 Å². The Balaban J connectivity index is 1.68. The minimum atomic E-state index is -0.296. The van der Waals surface area contributed by atoms with Crippen LogP contribution >= 0.6 is 0 Å². The van der Waals surface area contributed by atoms with Crippen LogP contribution < -0.4 is 5.32 Å². The molecule has 0 aliphatic heterocycles. The highest BCUT2D eigenvalue weighted by molar-refractivity contribution is 5.91. The molecule has 1 heterocycles. The molecule has 19 heavy (non-hydrogen) atoms. The van der Waals surface area contributed by atoms with Gasteiger partial charge in [-0.15, -0.1) is 0 Å². The van der Waals surface area contributed by atoms with Crippen molar-refractivity contribution in [3.05, 3.63) is 66.0 Å². The van der Waals surface area contributed by atoms with Crippen LogP contribution in [-0.4, -0.2) is 10.9 Å². The van der Waals surface area contributed by atoms with Gasteiger partial charge >= 0.3 is 0 Å². The molecule has 1 aliphatic carbocycles. The second-order valence-corrected chi connectivity index (χ2v) is 4.95. The number of nitrogens with zero attached hydrogens (tertiary/aromatic N) is 1. The summed E-state index contributed by atoms with van der Waals surface area (Å²) < 4.78 is 0. The van der Waals surface area contributed by atoms with E-state index >= 15 is 0 Å². The van der Waals surface area contributed by atoms with E-state index in [0.29, 0.717) is 6.54 Å². The minimum absolute atomic E-state index is 0.115. The molecule has 96 valence electrons. The molecular formula is C16H16N2O. The van der Waals surface area contributed by atoms with Crippen molar-refractivity contribution in [1.82, 2.24) is 10.3 Å². The zero-order valence-corrected chi connectivity index (χ0v) is 10.7. The molecule has 0 unspecified atom stereocenters. The molecule has 1 fully saturated rings. The molecule has 1 saturated carbocycles. The van der Waals surface area contributed by atoms with Crippen LogP contribution in [0, 0.1) is 0 Å². The number of hydrogen-bond acceptors (Lipinski definition) is 2. The number of benzene rings is 1. The van der Waals surface area contributed by atoms with Crippen LogP contribution in [0.1, 0.15) is 24.1 Å². The van der Waals surface area contributed by atoms with Gasteiger partial charge in [0.15, 0.2) is 0 Å². The Bertz CT molecular complexity index is 562. The number of amides is 1. The van der Waals surface area contributed by atoms with E-state index in [2.05, 4.69) is 10.3 Å². The van der Waals surface area contributed by atoms with E-state index in [4.69, 9.17) is 0 Å². The van der Waals surface area contributed by atoms with E-state index in [-0.39, 0.29) is 11.3 Å². The van der Waals surface area contributed by atoms with Crippen molar-refractivity contribution in [2.45, 2.75) is 24.8 Å². The molecule has 1 aromatic heterocycles. The van der Waals surface area contributed by atoms with Crippen LogP contribution in [0.3, 0.4) is 0 Å². The lowest BCUT2D eigenvalue weighted by atomic mass is 9.95. The Morgan fingerprint density at radius 2 is 1.84 bits per heavy atom. The van der Waals surface area contributed by atoms with E-state index < -0.39 is 0 Å². The van der Waals surface area contributed by atoms with Gasteiger partial charge in [0.2, 0.25) is 5.91 Å². The van der Waals surface area contributed by atoms with Gasteiger partial charge in [-0.25, -0.2) is 0 Å². The standard InChI is InChI=1S/C16H16N2O/c19-15(18-12-14-8-4-5-11-17-14)16(9-10-16)13-6-2-1-3-7-13/h1-8,11H,9-10,12H2,(H,18,19).